The van der Waals surface area contributed by atoms with Crippen molar-refractivity contribution < 1.29 is 9.50 Å². The standard InChI is InChI=1S/C14H13ClFNO/c15-12-6-3-5-11(14(12)18)9-17-8-10-4-1-2-7-13(10)16/h1-7,17-18H,8-9H2. The van der Waals surface area contributed by atoms with Crippen molar-refractivity contribution in [2.45, 2.75) is 13.1 Å². The van der Waals surface area contributed by atoms with E-state index in [1.54, 1.807) is 36.4 Å². The summed E-state index contributed by atoms with van der Waals surface area (Å²) >= 11 is 5.80. The Labute approximate surface area is 110 Å². The molecule has 2 aromatic rings. The van der Waals surface area contributed by atoms with Gasteiger partial charge in [0.15, 0.2) is 0 Å². The van der Waals surface area contributed by atoms with E-state index in [0.717, 1.165) is 0 Å². The molecule has 2 N–H and O–H groups in total. The van der Waals surface area contributed by atoms with Crippen molar-refractivity contribution in [3.63, 3.8) is 0 Å². The average Bonchev–Trinajstić information content (AvgIpc) is 2.37. The highest BCUT2D eigenvalue weighted by molar-refractivity contribution is 6.32. The lowest BCUT2D eigenvalue weighted by molar-refractivity contribution is 0.464. The molecule has 4 heteroatoms. The Bertz CT molecular complexity index is 545. The molecule has 0 aliphatic heterocycles. The van der Waals surface area contributed by atoms with Crippen molar-refractivity contribution in [3.05, 3.63) is 64.4 Å². The minimum Gasteiger partial charge on any atom is -0.506 e. The van der Waals surface area contributed by atoms with Crippen LogP contribution in [0.15, 0.2) is 42.5 Å². The van der Waals surface area contributed by atoms with Crippen molar-refractivity contribution in [2.75, 3.05) is 0 Å². The molecule has 0 aliphatic carbocycles. The van der Waals surface area contributed by atoms with E-state index in [4.69, 9.17) is 11.6 Å². The number of para-hydroxylation sites is 1. The smallest absolute Gasteiger partial charge is 0.138 e. The Morgan fingerprint density at radius 2 is 1.67 bits per heavy atom. The number of phenolic OH excluding ortho intramolecular Hbond substituents is 1. The zero-order chi connectivity index (χ0) is 13.0. The Hall–Kier alpha value is -1.58. The lowest BCUT2D eigenvalue weighted by Gasteiger charge is -2.08. The predicted molar refractivity (Wildman–Crippen MR) is 70.1 cm³/mol. The topological polar surface area (TPSA) is 32.3 Å². The summed E-state index contributed by atoms with van der Waals surface area (Å²) in [4.78, 5) is 0. The van der Waals surface area contributed by atoms with Crippen LogP contribution in [0, 0.1) is 5.82 Å². The van der Waals surface area contributed by atoms with Crippen molar-refractivity contribution in [2.24, 2.45) is 0 Å². The molecule has 0 amide bonds. The molecule has 0 saturated carbocycles. The van der Waals surface area contributed by atoms with E-state index < -0.39 is 0 Å². The normalized spacial score (nSPS) is 10.6. The molecule has 0 heterocycles. The molecular formula is C14H13ClFNO. The van der Waals surface area contributed by atoms with Crippen LogP contribution in [0.2, 0.25) is 5.02 Å². The summed E-state index contributed by atoms with van der Waals surface area (Å²) in [5.74, 6) is -0.166. The van der Waals surface area contributed by atoms with E-state index in [2.05, 4.69) is 5.32 Å². The number of aromatic hydroxyl groups is 1. The van der Waals surface area contributed by atoms with Crippen molar-refractivity contribution >= 4 is 11.6 Å². The van der Waals surface area contributed by atoms with Gasteiger partial charge in [-0.25, -0.2) is 4.39 Å². The summed E-state index contributed by atoms with van der Waals surface area (Å²) in [6.45, 7) is 0.833. The van der Waals surface area contributed by atoms with Crippen LogP contribution >= 0.6 is 11.6 Å². The molecule has 0 aliphatic rings. The molecule has 0 aromatic heterocycles. The number of hydrogen-bond acceptors (Lipinski definition) is 2. The second kappa shape index (κ2) is 5.85. The van der Waals surface area contributed by atoms with E-state index in [1.165, 1.54) is 6.07 Å². The molecule has 0 bridgehead atoms. The molecule has 0 fully saturated rings. The van der Waals surface area contributed by atoms with E-state index in [-0.39, 0.29) is 11.6 Å². The van der Waals surface area contributed by atoms with Crippen molar-refractivity contribution in [3.8, 4) is 5.75 Å². The molecule has 0 unspecified atom stereocenters. The highest BCUT2D eigenvalue weighted by atomic mass is 35.5. The predicted octanol–water partition coefficient (Wildman–Crippen LogP) is 3.47. The van der Waals surface area contributed by atoms with Gasteiger partial charge >= 0.3 is 0 Å². The number of phenols is 1. The first-order valence-corrected chi connectivity index (χ1v) is 5.97. The number of rotatable bonds is 4. The fraction of sp³-hybridized carbons (Fsp3) is 0.143. The number of hydrogen-bond donors (Lipinski definition) is 2. The van der Waals surface area contributed by atoms with Gasteiger partial charge in [0.05, 0.1) is 5.02 Å². The molecule has 2 rings (SSSR count). The van der Waals surface area contributed by atoms with Crippen LogP contribution < -0.4 is 5.32 Å². The summed E-state index contributed by atoms with van der Waals surface area (Å²) in [6.07, 6.45) is 0. The first-order valence-electron chi connectivity index (χ1n) is 5.59. The summed E-state index contributed by atoms with van der Waals surface area (Å²) in [5, 5.41) is 13.1. The van der Waals surface area contributed by atoms with Gasteiger partial charge < -0.3 is 10.4 Å². The Balaban J connectivity index is 1.97. The first kappa shape index (κ1) is 12.9. The fourth-order valence-electron chi connectivity index (χ4n) is 1.68. The largest absolute Gasteiger partial charge is 0.506 e. The van der Waals surface area contributed by atoms with Gasteiger partial charge in [0.2, 0.25) is 0 Å². The first-order chi connectivity index (χ1) is 8.68. The lowest BCUT2D eigenvalue weighted by atomic mass is 10.2. The molecule has 2 nitrogen and oxygen atoms in total. The highest BCUT2D eigenvalue weighted by Gasteiger charge is 2.05. The monoisotopic (exact) mass is 265 g/mol. The molecule has 0 spiro atoms. The maximum atomic E-state index is 13.3. The van der Waals surface area contributed by atoms with Gasteiger partial charge in [-0.1, -0.05) is 41.9 Å². The third-order valence-corrected chi connectivity index (χ3v) is 2.96. The molecule has 0 radical (unpaired) electrons. The Morgan fingerprint density at radius 1 is 1.00 bits per heavy atom. The van der Waals surface area contributed by atoms with Gasteiger partial charge in [-0.05, 0) is 12.1 Å². The molecule has 2 aromatic carbocycles. The number of halogens is 2. The van der Waals surface area contributed by atoms with E-state index >= 15 is 0 Å². The fourth-order valence-corrected chi connectivity index (χ4v) is 1.87. The van der Waals surface area contributed by atoms with Crippen LogP contribution in [0.25, 0.3) is 0 Å². The van der Waals surface area contributed by atoms with Crippen LogP contribution in [-0.2, 0) is 13.1 Å². The zero-order valence-corrected chi connectivity index (χ0v) is 10.4. The lowest BCUT2D eigenvalue weighted by Crippen LogP contribution is -2.13. The average molecular weight is 266 g/mol. The van der Waals surface area contributed by atoms with Gasteiger partial charge in [-0.15, -0.1) is 0 Å². The van der Waals surface area contributed by atoms with E-state index in [1.807, 2.05) is 0 Å². The molecule has 0 atom stereocenters. The third kappa shape index (κ3) is 3.00. The number of nitrogens with one attached hydrogen (secondary N) is 1. The molecular weight excluding hydrogens is 253 g/mol. The van der Waals surface area contributed by atoms with Gasteiger partial charge in [0, 0.05) is 24.2 Å². The van der Waals surface area contributed by atoms with Crippen LogP contribution in [-0.4, -0.2) is 5.11 Å². The Morgan fingerprint density at radius 3 is 2.44 bits per heavy atom. The molecule has 94 valence electrons. The quantitative estimate of drug-likeness (QED) is 0.887. The van der Waals surface area contributed by atoms with Gasteiger partial charge in [0.25, 0.3) is 0 Å². The molecule has 18 heavy (non-hydrogen) atoms. The van der Waals surface area contributed by atoms with Gasteiger partial charge in [0.1, 0.15) is 11.6 Å². The summed E-state index contributed by atoms with van der Waals surface area (Å²) < 4.78 is 13.3. The summed E-state index contributed by atoms with van der Waals surface area (Å²) in [7, 11) is 0. The second-order valence-electron chi connectivity index (χ2n) is 3.94. The van der Waals surface area contributed by atoms with Crippen molar-refractivity contribution in [1.29, 1.82) is 0 Å². The second-order valence-corrected chi connectivity index (χ2v) is 4.35. The summed E-state index contributed by atoms with van der Waals surface area (Å²) in [6, 6.07) is 11.8. The maximum absolute atomic E-state index is 13.3. The van der Waals surface area contributed by atoms with E-state index in [9.17, 15) is 9.50 Å². The Kier molecular flexibility index (Phi) is 4.18. The summed E-state index contributed by atoms with van der Waals surface area (Å²) in [5.41, 5.74) is 1.29. The van der Waals surface area contributed by atoms with Crippen LogP contribution in [0.3, 0.4) is 0 Å². The highest BCUT2D eigenvalue weighted by Crippen LogP contribution is 2.26. The van der Waals surface area contributed by atoms with Crippen LogP contribution in [0.1, 0.15) is 11.1 Å². The third-order valence-electron chi connectivity index (χ3n) is 2.66. The zero-order valence-electron chi connectivity index (χ0n) is 9.66. The van der Waals surface area contributed by atoms with Gasteiger partial charge in [-0.3, -0.25) is 0 Å². The number of benzene rings is 2. The minimum atomic E-state index is -0.236. The maximum Gasteiger partial charge on any atom is 0.138 e. The molecule has 0 saturated heterocycles. The van der Waals surface area contributed by atoms with Gasteiger partial charge in [-0.2, -0.15) is 0 Å². The van der Waals surface area contributed by atoms with Crippen LogP contribution in [0.5, 0.6) is 5.75 Å². The van der Waals surface area contributed by atoms with Crippen LogP contribution in [0.4, 0.5) is 4.39 Å². The van der Waals surface area contributed by atoms with E-state index in [0.29, 0.717) is 29.2 Å². The SMILES string of the molecule is Oc1c(Cl)cccc1CNCc1ccccc1F. The minimum absolute atomic E-state index is 0.0696. The van der Waals surface area contributed by atoms with Crippen molar-refractivity contribution in [1.82, 2.24) is 5.32 Å².